The molecule has 0 atom stereocenters. The van der Waals surface area contributed by atoms with E-state index in [-0.39, 0.29) is 0 Å². The van der Waals surface area contributed by atoms with E-state index in [4.69, 9.17) is 0 Å². The Morgan fingerprint density at radius 3 is 1.22 bits per heavy atom. The summed E-state index contributed by atoms with van der Waals surface area (Å²) in [6.07, 6.45) is 0. The van der Waals surface area contributed by atoms with Gasteiger partial charge in [-0.2, -0.15) is 0 Å². The zero-order chi connectivity index (χ0) is 33.0. The molecule has 0 aliphatic carbocycles. The number of para-hydroxylation sites is 4. The predicted octanol–water partition coefficient (Wildman–Crippen LogP) is 13.3. The Balaban J connectivity index is 1.03. The summed E-state index contributed by atoms with van der Waals surface area (Å²) < 4.78 is 2.44. The average molecular weight is 637 g/mol. The molecule has 0 N–H and O–H groups in total. The number of benzene rings is 8. The maximum absolute atomic E-state index is 2.44. The zero-order valence-electron chi connectivity index (χ0n) is 27.4. The number of nitrogens with zero attached hydrogens (tertiary/aromatic N) is 2. The lowest BCUT2D eigenvalue weighted by Crippen LogP contribution is -2.09. The Bertz CT molecular complexity index is 2670. The van der Waals surface area contributed by atoms with Crippen LogP contribution >= 0.6 is 0 Å². The lowest BCUT2D eigenvalue weighted by atomic mass is 9.94. The van der Waals surface area contributed by atoms with Gasteiger partial charge in [-0.25, -0.2) is 0 Å². The summed E-state index contributed by atoms with van der Waals surface area (Å²) in [5, 5.41) is 5.20. The summed E-state index contributed by atoms with van der Waals surface area (Å²) in [6, 6.07) is 70.2. The molecule has 2 aromatic heterocycles. The first-order valence-corrected chi connectivity index (χ1v) is 17.2. The molecule has 2 heteroatoms. The molecule has 2 heterocycles. The van der Waals surface area contributed by atoms with Crippen molar-refractivity contribution in [2.24, 2.45) is 0 Å². The number of aromatic nitrogens is 1. The smallest absolute Gasteiger partial charge is 0.0620 e. The molecule has 0 aliphatic rings. The summed E-state index contributed by atoms with van der Waals surface area (Å²) in [6.45, 7) is 0. The van der Waals surface area contributed by atoms with Crippen molar-refractivity contribution in [1.29, 1.82) is 0 Å². The van der Waals surface area contributed by atoms with E-state index in [9.17, 15) is 0 Å². The van der Waals surface area contributed by atoms with Gasteiger partial charge in [-0.1, -0.05) is 121 Å². The molecule has 0 aliphatic heterocycles. The number of fused-ring (bicyclic) bond motifs is 6. The normalized spacial score (nSPS) is 11.6. The van der Waals surface area contributed by atoms with Crippen molar-refractivity contribution in [2.45, 2.75) is 0 Å². The molecule has 0 spiro atoms. The standard InChI is InChI=1S/C48H32N2/c1-3-17-39(18-4-1)49(40-19-5-2-6-20-40)41-27-25-33(26-28-41)34-13-11-14-35(29-34)36-15-12-16-37(30-36)38-31-44-42-21-7-9-23-46(42)50-47-24-10-8-22-43(47)45(32-38)48(44)50/h1-32H. The molecule has 2 nitrogen and oxygen atoms in total. The van der Waals surface area contributed by atoms with Gasteiger partial charge < -0.3 is 9.30 Å². The third kappa shape index (κ3) is 4.57. The molecule has 10 rings (SSSR count). The summed E-state index contributed by atoms with van der Waals surface area (Å²) in [5.41, 5.74) is 14.5. The van der Waals surface area contributed by atoms with E-state index in [0.29, 0.717) is 0 Å². The second kappa shape index (κ2) is 11.5. The molecule has 50 heavy (non-hydrogen) atoms. The van der Waals surface area contributed by atoms with Crippen molar-refractivity contribution >= 4 is 55.2 Å². The van der Waals surface area contributed by atoms with Crippen LogP contribution in [0.4, 0.5) is 17.1 Å². The molecule has 0 amide bonds. The van der Waals surface area contributed by atoms with Gasteiger partial charge in [0.15, 0.2) is 0 Å². The maximum atomic E-state index is 2.44. The highest BCUT2D eigenvalue weighted by atomic mass is 15.1. The van der Waals surface area contributed by atoms with Crippen molar-refractivity contribution in [1.82, 2.24) is 4.40 Å². The van der Waals surface area contributed by atoms with Gasteiger partial charge in [0.05, 0.1) is 16.6 Å². The number of rotatable bonds is 6. The van der Waals surface area contributed by atoms with E-state index in [1.54, 1.807) is 0 Å². The van der Waals surface area contributed by atoms with Gasteiger partial charge in [-0.05, 0) is 106 Å². The largest absolute Gasteiger partial charge is 0.311 e. The number of hydrogen-bond acceptors (Lipinski definition) is 1. The molecule has 0 saturated carbocycles. The minimum absolute atomic E-state index is 1.13. The SMILES string of the molecule is c1ccc(N(c2ccccc2)c2ccc(-c3cccc(-c4cccc(-c5cc6c7ccccc7n7c8ccccc8c(c5)c67)c4)c3)cc2)cc1. The fourth-order valence-electron chi connectivity index (χ4n) is 7.78. The van der Waals surface area contributed by atoms with Gasteiger partial charge in [0.2, 0.25) is 0 Å². The highest BCUT2D eigenvalue weighted by Crippen LogP contribution is 2.42. The van der Waals surface area contributed by atoms with E-state index in [1.165, 1.54) is 71.5 Å². The maximum Gasteiger partial charge on any atom is 0.0620 e. The van der Waals surface area contributed by atoms with Gasteiger partial charge in [0.25, 0.3) is 0 Å². The van der Waals surface area contributed by atoms with Crippen LogP contribution in [-0.4, -0.2) is 4.40 Å². The van der Waals surface area contributed by atoms with Crippen LogP contribution in [0.15, 0.2) is 194 Å². The lowest BCUT2D eigenvalue weighted by Gasteiger charge is -2.25. The van der Waals surface area contributed by atoms with Crippen LogP contribution in [0.3, 0.4) is 0 Å². The topological polar surface area (TPSA) is 7.65 Å². The van der Waals surface area contributed by atoms with Gasteiger partial charge in [0, 0.05) is 38.6 Å². The summed E-state index contributed by atoms with van der Waals surface area (Å²) in [5.74, 6) is 0. The molecular weight excluding hydrogens is 605 g/mol. The van der Waals surface area contributed by atoms with Crippen LogP contribution in [-0.2, 0) is 0 Å². The lowest BCUT2D eigenvalue weighted by molar-refractivity contribution is 1.28. The Kier molecular flexibility index (Phi) is 6.53. The third-order valence-electron chi connectivity index (χ3n) is 10.1. The Hall–Kier alpha value is -6.64. The number of hydrogen-bond donors (Lipinski definition) is 0. The molecule has 234 valence electrons. The van der Waals surface area contributed by atoms with Crippen LogP contribution in [0.2, 0.25) is 0 Å². The highest BCUT2D eigenvalue weighted by Gasteiger charge is 2.18. The molecule has 0 unspecified atom stereocenters. The van der Waals surface area contributed by atoms with Crippen molar-refractivity contribution in [3.63, 3.8) is 0 Å². The zero-order valence-corrected chi connectivity index (χ0v) is 27.4. The van der Waals surface area contributed by atoms with E-state index in [2.05, 4.69) is 203 Å². The van der Waals surface area contributed by atoms with Gasteiger partial charge in [-0.3, -0.25) is 0 Å². The van der Waals surface area contributed by atoms with Crippen LogP contribution in [0, 0.1) is 0 Å². The highest BCUT2D eigenvalue weighted by molar-refractivity contribution is 6.24. The van der Waals surface area contributed by atoms with Crippen molar-refractivity contribution in [3.8, 4) is 33.4 Å². The van der Waals surface area contributed by atoms with E-state index < -0.39 is 0 Å². The predicted molar refractivity (Wildman–Crippen MR) is 212 cm³/mol. The van der Waals surface area contributed by atoms with E-state index in [1.807, 2.05) is 0 Å². The van der Waals surface area contributed by atoms with E-state index >= 15 is 0 Å². The molecular formula is C48H32N2. The molecule has 8 aromatic carbocycles. The van der Waals surface area contributed by atoms with Crippen LogP contribution in [0.25, 0.3) is 71.5 Å². The second-order valence-electron chi connectivity index (χ2n) is 13.0. The first-order chi connectivity index (χ1) is 24.8. The third-order valence-corrected chi connectivity index (χ3v) is 10.1. The fraction of sp³-hybridized carbons (Fsp3) is 0. The van der Waals surface area contributed by atoms with Crippen molar-refractivity contribution in [2.75, 3.05) is 4.90 Å². The van der Waals surface area contributed by atoms with Crippen LogP contribution in [0.1, 0.15) is 0 Å². The second-order valence-corrected chi connectivity index (χ2v) is 13.0. The van der Waals surface area contributed by atoms with Crippen LogP contribution < -0.4 is 4.90 Å². The quantitative estimate of drug-likeness (QED) is 0.176. The summed E-state index contributed by atoms with van der Waals surface area (Å²) >= 11 is 0. The minimum atomic E-state index is 1.13. The monoisotopic (exact) mass is 636 g/mol. The van der Waals surface area contributed by atoms with Gasteiger partial charge in [0.1, 0.15) is 0 Å². The molecule has 0 radical (unpaired) electrons. The molecule has 10 aromatic rings. The molecule has 0 fully saturated rings. The summed E-state index contributed by atoms with van der Waals surface area (Å²) in [7, 11) is 0. The number of anilines is 3. The molecule has 0 saturated heterocycles. The fourth-order valence-corrected chi connectivity index (χ4v) is 7.78. The minimum Gasteiger partial charge on any atom is -0.311 e. The van der Waals surface area contributed by atoms with E-state index in [0.717, 1.165) is 17.1 Å². The van der Waals surface area contributed by atoms with Gasteiger partial charge in [-0.15, -0.1) is 0 Å². The van der Waals surface area contributed by atoms with Gasteiger partial charge >= 0.3 is 0 Å². The Labute approximate surface area is 291 Å². The first-order valence-electron chi connectivity index (χ1n) is 17.2. The molecule has 0 bridgehead atoms. The van der Waals surface area contributed by atoms with Crippen molar-refractivity contribution < 1.29 is 0 Å². The Morgan fingerprint density at radius 1 is 0.280 bits per heavy atom. The summed E-state index contributed by atoms with van der Waals surface area (Å²) in [4.78, 5) is 2.30. The Morgan fingerprint density at radius 2 is 0.700 bits per heavy atom. The van der Waals surface area contributed by atoms with Crippen LogP contribution in [0.5, 0.6) is 0 Å². The first kappa shape index (κ1) is 28.4. The average Bonchev–Trinajstić information content (AvgIpc) is 3.71. The van der Waals surface area contributed by atoms with Crippen molar-refractivity contribution in [3.05, 3.63) is 194 Å².